The molecule has 1 aromatic rings. The molecule has 4 nitrogen and oxygen atoms in total. The molecule has 1 aromatic heterocycles. The number of hydrogen-bond acceptors (Lipinski definition) is 4. The minimum absolute atomic E-state index is 0.0469. The lowest BCUT2D eigenvalue weighted by molar-refractivity contribution is 0.0773. The van der Waals surface area contributed by atoms with Gasteiger partial charge in [0.2, 0.25) is 0 Å². The molecule has 2 N–H and O–H groups in total. The molecule has 0 saturated heterocycles. The Morgan fingerprint density at radius 1 is 1.55 bits per heavy atom. The SMILES string of the molecule is Cc1cc(C(=O)N(C)CCC(C)O)sc1C#CCCO. The van der Waals surface area contributed by atoms with Gasteiger partial charge in [-0.25, -0.2) is 0 Å². The first-order chi connectivity index (χ1) is 9.45. The van der Waals surface area contributed by atoms with Crippen molar-refractivity contribution in [3.63, 3.8) is 0 Å². The predicted molar refractivity (Wildman–Crippen MR) is 80.9 cm³/mol. The number of amides is 1. The number of aryl methyl sites for hydroxylation is 1. The van der Waals surface area contributed by atoms with Gasteiger partial charge in [-0.3, -0.25) is 4.79 Å². The lowest BCUT2D eigenvalue weighted by Crippen LogP contribution is -2.28. The summed E-state index contributed by atoms with van der Waals surface area (Å²) in [6, 6.07) is 1.84. The van der Waals surface area contributed by atoms with Gasteiger partial charge in [-0.1, -0.05) is 11.8 Å². The first kappa shape index (κ1) is 16.7. The Morgan fingerprint density at radius 3 is 2.85 bits per heavy atom. The van der Waals surface area contributed by atoms with Crippen LogP contribution in [0.2, 0.25) is 0 Å². The van der Waals surface area contributed by atoms with Crippen molar-refractivity contribution in [2.45, 2.75) is 32.8 Å². The van der Waals surface area contributed by atoms with Crippen molar-refractivity contribution in [3.05, 3.63) is 21.4 Å². The number of carbonyl (C=O) groups is 1. The van der Waals surface area contributed by atoms with E-state index in [2.05, 4.69) is 11.8 Å². The third-order valence-corrected chi connectivity index (χ3v) is 3.94. The zero-order valence-electron chi connectivity index (χ0n) is 12.1. The highest BCUT2D eigenvalue weighted by molar-refractivity contribution is 7.14. The fraction of sp³-hybridized carbons (Fsp3) is 0.533. The van der Waals surface area contributed by atoms with Crippen LogP contribution in [0.15, 0.2) is 6.07 Å². The number of rotatable bonds is 5. The molecule has 0 fully saturated rings. The molecule has 5 heteroatoms. The van der Waals surface area contributed by atoms with E-state index in [0.717, 1.165) is 10.4 Å². The molecule has 0 aliphatic heterocycles. The number of carbonyl (C=O) groups excluding carboxylic acids is 1. The Hall–Kier alpha value is -1.35. The van der Waals surface area contributed by atoms with Gasteiger partial charge in [0.25, 0.3) is 5.91 Å². The first-order valence-corrected chi connectivity index (χ1v) is 7.41. The summed E-state index contributed by atoms with van der Waals surface area (Å²) >= 11 is 1.37. The summed E-state index contributed by atoms with van der Waals surface area (Å²) in [5.74, 6) is 5.80. The van der Waals surface area contributed by atoms with E-state index >= 15 is 0 Å². The Labute approximate surface area is 124 Å². The van der Waals surface area contributed by atoms with Crippen LogP contribution in [0.3, 0.4) is 0 Å². The lowest BCUT2D eigenvalue weighted by Gasteiger charge is -2.16. The van der Waals surface area contributed by atoms with E-state index in [0.29, 0.717) is 24.3 Å². The zero-order valence-corrected chi connectivity index (χ0v) is 13.0. The second-order valence-electron chi connectivity index (χ2n) is 4.76. The average molecular weight is 295 g/mol. The third-order valence-electron chi connectivity index (χ3n) is 2.80. The molecule has 0 spiro atoms. The van der Waals surface area contributed by atoms with Crippen molar-refractivity contribution in [3.8, 4) is 11.8 Å². The van der Waals surface area contributed by atoms with Crippen molar-refractivity contribution in [1.29, 1.82) is 0 Å². The van der Waals surface area contributed by atoms with E-state index in [1.807, 2.05) is 13.0 Å². The van der Waals surface area contributed by atoms with Crippen LogP contribution in [0.25, 0.3) is 0 Å². The Morgan fingerprint density at radius 2 is 2.25 bits per heavy atom. The van der Waals surface area contributed by atoms with Crippen LogP contribution in [-0.4, -0.2) is 47.3 Å². The maximum atomic E-state index is 12.2. The minimum atomic E-state index is -0.407. The molecule has 1 unspecified atom stereocenters. The molecule has 20 heavy (non-hydrogen) atoms. The maximum Gasteiger partial charge on any atom is 0.263 e. The van der Waals surface area contributed by atoms with Gasteiger partial charge in [0.05, 0.1) is 22.5 Å². The smallest absolute Gasteiger partial charge is 0.263 e. The number of thiophene rings is 1. The van der Waals surface area contributed by atoms with Crippen LogP contribution in [0.1, 0.15) is 39.9 Å². The van der Waals surface area contributed by atoms with E-state index in [1.54, 1.807) is 18.9 Å². The van der Waals surface area contributed by atoms with Crippen molar-refractivity contribution in [2.75, 3.05) is 20.2 Å². The van der Waals surface area contributed by atoms with Gasteiger partial charge in [-0.05, 0) is 31.9 Å². The average Bonchev–Trinajstić information content (AvgIpc) is 2.77. The fourth-order valence-corrected chi connectivity index (χ4v) is 2.62. The summed E-state index contributed by atoms with van der Waals surface area (Å²) in [6.45, 7) is 4.21. The molecule has 0 bridgehead atoms. The topological polar surface area (TPSA) is 60.8 Å². The van der Waals surface area contributed by atoms with E-state index in [1.165, 1.54) is 11.3 Å². The normalized spacial score (nSPS) is 11.7. The highest BCUT2D eigenvalue weighted by Crippen LogP contribution is 2.22. The number of nitrogens with zero attached hydrogens (tertiary/aromatic N) is 1. The third kappa shape index (κ3) is 4.97. The van der Waals surface area contributed by atoms with Crippen LogP contribution >= 0.6 is 11.3 Å². The monoisotopic (exact) mass is 295 g/mol. The van der Waals surface area contributed by atoms with E-state index in [9.17, 15) is 9.90 Å². The standard InChI is InChI=1S/C15H21NO3S/c1-11-10-14(20-13(11)6-4-5-9-17)15(19)16(3)8-7-12(2)18/h10,12,17-18H,5,7-9H2,1-3H3. The van der Waals surface area contributed by atoms with Crippen LogP contribution in [-0.2, 0) is 0 Å². The largest absolute Gasteiger partial charge is 0.395 e. The van der Waals surface area contributed by atoms with Crippen LogP contribution in [0.5, 0.6) is 0 Å². The second-order valence-corrected chi connectivity index (χ2v) is 5.81. The van der Waals surface area contributed by atoms with Gasteiger partial charge < -0.3 is 15.1 Å². The van der Waals surface area contributed by atoms with Crippen LogP contribution < -0.4 is 0 Å². The van der Waals surface area contributed by atoms with Gasteiger partial charge in [-0.15, -0.1) is 11.3 Å². The summed E-state index contributed by atoms with van der Waals surface area (Å²) in [7, 11) is 1.73. The van der Waals surface area contributed by atoms with E-state index < -0.39 is 6.10 Å². The van der Waals surface area contributed by atoms with Gasteiger partial charge in [0.15, 0.2) is 0 Å². The molecular formula is C15H21NO3S. The van der Waals surface area contributed by atoms with Crippen molar-refractivity contribution < 1.29 is 15.0 Å². The molecule has 110 valence electrons. The molecule has 0 aliphatic carbocycles. The predicted octanol–water partition coefficient (Wildman–Crippen LogP) is 1.63. The van der Waals surface area contributed by atoms with Crippen LogP contribution in [0.4, 0.5) is 0 Å². The van der Waals surface area contributed by atoms with Gasteiger partial charge >= 0.3 is 0 Å². The zero-order chi connectivity index (χ0) is 15.1. The van der Waals surface area contributed by atoms with Gasteiger partial charge in [-0.2, -0.15) is 0 Å². The number of hydrogen-bond donors (Lipinski definition) is 2. The molecule has 0 radical (unpaired) electrons. The quantitative estimate of drug-likeness (QED) is 0.812. The van der Waals surface area contributed by atoms with E-state index in [-0.39, 0.29) is 12.5 Å². The number of aliphatic hydroxyl groups is 2. The summed E-state index contributed by atoms with van der Waals surface area (Å²) in [4.78, 5) is 15.4. The molecule has 1 atom stereocenters. The van der Waals surface area contributed by atoms with Crippen molar-refractivity contribution in [1.82, 2.24) is 4.90 Å². The molecule has 1 amide bonds. The van der Waals surface area contributed by atoms with Crippen LogP contribution in [0, 0.1) is 18.8 Å². The Bertz CT molecular complexity index is 511. The molecule has 0 aromatic carbocycles. The van der Waals surface area contributed by atoms with Crippen molar-refractivity contribution >= 4 is 17.2 Å². The summed E-state index contributed by atoms with van der Waals surface area (Å²) in [5.41, 5.74) is 0.979. The molecule has 0 saturated carbocycles. The van der Waals surface area contributed by atoms with Gasteiger partial charge in [0.1, 0.15) is 0 Å². The highest BCUT2D eigenvalue weighted by atomic mass is 32.1. The molecule has 1 heterocycles. The first-order valence-electron chi connectivity index (χ1n) is 6.59. The molecular weight excluding hydrogens is 274 g/mol. The summed E-state index contributed by atoms with van der Waals surface area (Å²) < 4.78 is 0. The summed E-state index contributed by atoms with van der Waals surface area (Å²) in [5, 5.41) is 18.0. The van der Waals surface area contributed by atoms with E-state index in [4.69, 9.17) is 5.11 Å². The maximum absolute atomic E-state index is 12.2. The number of aliphatic hydroxyl groups excluding tert-OH is 2. The lowest BCUT2D eigenvalue weighted by atomic mass is 10.2. The molecule has 1 rings (SSSR count). The highest BCUT2D eigenvalue weighted by Gasteiger charge is 2.16. The van der Waals surface area contributed by atoms with Crippen molar-refractivity contribution in [2.24, 2.45) is 0 Å². The summed E-state index contributed by atoms with van der Waals surface area (Å²) in [6.07, 6.45) is 0.597. The Kier molecular flexibility index (Phi) is 6.73. The van der Waals surface area contributed by atoms with Gasteiger partial charge in [0, 0.05) is 20.0 Å². The Balaban J connectivity index is 2.75. The minimum Gasteiger partial charge on any atom is -0.395 e. The second kappa shape index (κ2) is 8.05. The molecule has 0 aliphatic rings. The fourth-order valence-electron chi connectivity index (χ4n) is 1.58.